The minimum atomic E-state index is -0.887. The number of carboxylic acid groups (broad SMARTS) is 1. The van der Waals surface area contributed by atoms with Gasteiger partial charge in [-0.05, 0) is 37.8 Å². The number of aliphatic carboxylic acids is 1. The Balaban J connectivity index is 2.02. The molecule has 1 aromatic rings. The second-order valence-electron chi connectivity index (χ2n) is 5.06. The molecule has 1 amide bonds. The number of aromatic nitrogens is 1. The minimum absolute atomic E-state index is 0.0353. The second-order valence-corrected chi connectivity index (χ2v) is 5.06. The summed E-state index contributed by atoms with van der Waals surface area (Å²) in [5, 5.41) is 11.6. The lowest BCUT2D eigenvalue weighted by molar-refractivity contribution is -0.137. The van der Waals surface area contributed by atoms with E-state index in [1.807, 2.05) is 23.8 Å². The maximum absolute atomic E-state index is 12.2. The molecule has 0 aliphatic heterocycles. The van der Waals surface area contributed by atoms with E-state index in [0.29, 0.717) is 18.2 Å². The summed E-state index contributed by atoms with van der Waals surface area (Å²) in [6.07, 6.45) is 5.94. The molecule has 1 saturated carbocycles. The van der Waals surface area contributed by atoms with Gasteiger partial charge in [0.1, 0.15) is 5.69 Å². The van der Waals surface area contributed by atoms with Crippen molar-refractivity contribution in [2.24, 2.45) is 0 Å². The van der Waals surface area contributed by atoms with E-state index in [1.165, 1.54) is 6.42 Å². The van der Waals surface area contributed by atoms with E-state index in [2.05, 4.69) is 5.32 Å². The maximum atomic E-state index is 12.2. The zero-order chi connectivity index (χ0) is 13.8. The van der Waals surface area contributed by atoms with Crippen molar-refractivity contribution < 1.29 is 14.7 Å². The third-order valence-corrected chi connectivity index (χ3v) is 3.73. The molecule has 5 nitrogen and oxygen atoms in total. The Morgan fingerprint density at radius 3 is 2.79 bits per heavy atom. The van der Waals surface area contributed by atoms with Crippen LogP contribution in [0.15, 0.2) is 18.3 Å². The van der Waals surface area contributed by atoms with Crippen LogP contribution in [0, 0.1) is 0 Å². The van der Waals surface area contributed by atoms with E-state index in [4.69, 9.17) is 5.11 Å². The third kappa shape index (κ3) is 3.16. The number of carboxylic acids is 1. The second kappa shape index (κ2) is 5.91. The average Bonchev–Trinajstić information content (AvgIpc) is 2.74. The van der Waals surface area contributed by atoms with Gasteiger partial charge in [0.25, 0.3) is 5.91 Å². The Hall–Kier alpha value is -1.78. The summed E-state index contributed by atoms with van der Waals surface area (Å²) in [5.41, 5.74) is 0.633. The molecule has 1 aliphatic rings. The molecule has 0 radical (unpaired) electrons. The van der Waals surface area contributed by atoms with Crippen LogP contribution in [-0.4, -0.2) is 27.6 Å². The lowest BCUT2D eigenvalue weighted by Crippen LogP contribution is -2.37. The van der Waals surface area contributed by atoms with Gasteiger partial charge in [-0.3, -0.25) is 9.59 Å². The van der Waals surface area contributed by atoms with Crippen LogP contribution in [0.4, 0.5) is 0 Å². The summed E-state index contributed by atoms with van der Waals surface area (Å²) in [4.78, 5) is 22.9. The standard InChI is InChI=1S/C14H20N2O3/c1-2-10(9-13(17)18)15-14(19)12-7-4-8-16(12)11-5-3-6-11/h4,7-8,10-11H,2-3,5-6,9H2,1H3,(H,15,19)(H,17,18). The molecule has 1 fully saturated rings. The first-order chi connectivity index (χ1) is 9.11. The van der Waals surface area contributed by atoms with Crippen LogP contribution < -0.4 is 5.32 Å². The monoisotopic (exact) mass is 264 g/mol. The normalized spacial score (nSPS) is 16.7. The van der Waals surface area contributed by atoms with Gasteiger partial charge in [-0.2, -0.15) is 0 Å². The van der Waals surface area contributed by atoms with Crippen molar-refractivity contribution in [1.82, 2.24) is 9.88 Å². The van der Waals surface area contributed by atoms with Crippen LogP contribution >= 0.6 is 0 Å². The predicted molar refractivity (Wildman–Crippen MR) is 71.1 cm³/mol. The summed E-state index contributed by atoms with van der Waals surface area (Å²) >= 11 is 0. The van der Waals surface area contributed by atoms with Gasteiger partial charge >= 0.3 is 5.97 Å². The third-order valence-electron chi connectivity index (χ3n) is 3.73. The number of hydrogen-bond acceptors (Lipinski definition) is 2. The summed E-state index contributed by atoms with van der Waals surface area (Å²) in [6.45, 7) is 1.87. The first kappa shape index (κ1) is 13.6. The van der Waals surface area contributed by atoms with Crippen molar-refractivity contribution in [3.8, 4) is 0 Å². The van der Waals surface area contributed by atoms with Crippen LogP contribution in [0.1, 0.15) is 55.6 Å². The summed E-state index contributed by atoms with van der Waals surface area (Å²) in [7, 11) is 0. The van der Waals surface area contributed by atoms with Crippen molar-refractivity contribution in [2.75, 3.05) is 0 Å². The fourth-order valence-corrected chi connectivity index (χ4v) is 2.34. The number of hydrogen-bond donors (Lipinski definition) is 2. The SMILES string of the molecule is CCC(CC(=O)O)NC(=O)c1cccn1C1CCC1. The van der Waals surface area contributed by atoms with Gasteiger partial charge in [-0.1, -0.05) is 6.92 Å². The molecule has 0 saturated heterocycles. The van der Waals surface area contributed by atoms with Crippen LogP contribution in [0.3, 0.4) is 0 Å². The Kier molecular flexibility index (Phi) is 4.24. The van der Waals surface area contributed by atoms with E-state index in [1.54, 1.807) is 6.07 Å². The predicted octanol–water partition coefficient (Wildman–Crippen LogP) is 2.20. The van der Waals surface area contributed by atoms with Gasteiger partial charge in [-0.25, -0.2) is 0 Å². The van der Waals surface area contributed by atoms with Gasteiger partial charge in [0.15, 0.2) is 0 Å². The molecule has 104 valence electrons. The molecule has 1 aliphatic carbocycles. The Bertz CT molecular complexity index is 463. The average molecular weight is 264 g/mol. The quantitative estimate of drug-likeness (QED) is 0.827. The minimum Gasteiger partial charge on any atom is -0.481 e. The molecule has 1 unspecified atom stereocenters. The summed E-state index contributed by atoms with van der Waals surface area (Å²) < 4.78 is 2.01. The highest BCUT2D eigenvalue weighted by molar-refractivity contribution is 5.93. The van der Waals surface area contributed by atoms with Gasteiger partial charge in [0, 0.05) is 18.3 Å². The van der Waals surface area contributed by atoms with Gasteiger partial charge in [0.05, 0.1) is 6.42 Å². The number of carbonyl (C=O) groups excluding carboxylic acids is 1. The van der Waals surface area contributed by atoms with Crippen molar-refractivity contribution in [2.45, 2.75) is 51.1 Å². The first-order valence-electron chi connectivity index (χ1n) is 6.81. The molecule has 2 N–H and O–H groups in total. The largest absolute Gasteiger partial charge is 0.481 e. The smallest absolute Gasteiger partial charge is 0.305 e. The fraction of sp³-hybridized carbons (Fsp3) is 0.571. The summed E-state index contributed by atoms with van der Waals surface area (Å²) in [5.74, 6) is -1.06. The molecule has 2 rings (SSSR count). The molecular formula is C14H20N2O3. The highest BCUT2D eigenvalue weighted by Gasteiger charge is 2.24. The number of rotatable bonds is 6. The van der Waals surface area contributed by atoms with Crippen LogP contribution in [0.25, 0.3) is 0 Å². The number of carbonyl (C=O) groups is 2. The summed E-state index contributed by atoms with van der Waals surface area (Å²) in [6, 6.07) is 3.78. The zero-order valence-electron chi connectivity index (χ0n) is 11.1. The molecule has 1 heterocycles. The molecule has 1 atom stereocenters. The lowest BCUT2D eigenvalue weighted by Gasteiger charge is -2.29. The fourth-order valence-electron chi connectivity index (χ4n) is 2.34. The van der Waals surface area contributed by atoms with Gasteiger partial charge < -0.3 is 15.0 Å². The highest BCUT2D eigenvalue weighted by Crippen LogP contribution is 2.32. The highest BCUT2D eigenvalue weighted by atomic mass is 16.4. The Morgan fingerprint density at radius 2 is 2.26 bits per heavy atom. The van der Waals surface area contributed by atoms with E-state index in [0.717, 1.165) is 12.8 Å². The van der Waals surface area contributed by atoms with Crippen LogP contribution in [-0.2, 0) is 4.79 Å². The van der Waals surface area contributed by atoms with Crippen molar-refractivity contribution in [1.29, 1.82) is 0 Å². The molecule has 1 aromatic heterocycles. The molecule has 19 heavy (non-hydrogen) atoms. The number of nitrogens with one attached hydrogen (secondary N) is 1. The van der Waals surface area contributed by atoms with E-state index in [9.17, 15) is 9.59 Å². The Labute approximate surface area is 112 Å². The zero-order valence-corrected chi connectivity index (χ0v) is 11.1. The number of nitrogens with zero attached hydrogens (tertiary/aromatic N) is 1. The molecule has 0 spiro atoms. The van der Waals surface area contributed by atoms with Crippen molar-refractivity contribution in [3.05, 3.63) is 24.0 Å². The first-order valence-corrected chi connectivity index (χ1v) is 6.81. The van der Waals surface area contributed by atoms with Gasteiger partial charge in [0.2, 0.25) is 0 Å². The van der Waals surface area contributed by atoms with Crippen LogP contribution in [0.5, 0.6) is 0 Å². The van der Waals surface area contributed by atoms with Crippen molar-refractivity contribution >= 4 is 11.9 Å². The van der Waals surface area contributed by atoms with Crippen molar-refractivity contribution in [3.63, 3.8) is 0 Å². The van der Waals surface area contributed by atoms with E-state index >= 15 is 0 Å². The van der Waals surface area contributed by atoms with Crippen LogP contribution in [0.2, 0.25) is 0 Å². The maximum Gasteiger partial charge on any atom is 0.305 e. The van der Waals surface area contributed by atoms with E-state index < -0.39 is 5.97 Å². The topological polar surface area (TPSA) is 71.3 Å². The number of amides is 1. The van der Waals surface area contributed by atoms with E-state index in [-0.39, 0.29) is 18.4 Å². The Morgan fingerprint density at radius 1 is 1.53 bits per heavy atom. The molecule has 5 heteroatoms. The molecule has 0 aromatic carbocycles. The molecular weight excluding hydrogens is 244 g/mol. The molecule has 0 bridgehead atoms. The van der Waals surface area contributed by atoms with Gasteiger partial charge in [-0.15, -0.1) is 0 Å². The lowest BCUT2D eigenvalue weighted by atomic mass is 9.93.